The Morgan fingerprint density at radius 2 is 1.90 bits per heavy atom. The maximum Gasteiger partial charge on any atom is 0.173 e. The average Bonchev–Trinajstić information content (AvgIpc) is 1.82. The molecule has 0 spiro atoms. The van der Waals surface area contributed by atoms with E-state index >= 15 is 0 Å². The van der Waals surface area contributed by atoms with Crippen LogP contribution >= 0.6 is 28.6 Å². The van der Waals surface area contributed by atoms with E-state index in [1.165, 1.54) is 6.07 Å². The highest BCUT2D eigenvalue weighted by atomic mass is 79.9. The van der Waals surface area contributed by atoms with Crippen LogP contribution in [0, 0.1) is 11.6 Å². The SMILES string of the molecule is Fc1cc(S)cc(Br)c1F. The molecule has 0 heterocycles. The average molecular weight is 225 g/mol. The molecule has 0 bridgehead atoms. The molecule has 0 aromatic heterocycles. The highest BCUT2D eigenvalue weighted by Gasteiger charge is 2.05. The predicted octanol–water partition coefficient (Wildman–Crippen LogP) is 3.02. The monoisotopic (exact) mass is 224 g/mol. The van der Waals surface area contributed by atoms with Gasteiger partial charge in [0.2, 0.25) is 0 Å². The van der Waals surface area contributed by atoms with Gasteiger partial charge >= 0.3 is 0 Å². The molecular formula is C6H3BrF2S. The van der Waals surface area contributed by atoms with Gasteiger partial charge in [0, 0.05) is 4.90 Å². The van der Waals surface area contributed by atoms with Gasteiger partial charge in [-0.05, 0) is 28.1 Å². The van der Waals surface area contributed by atoms with Crippen LogP contribution in [0.4, 0.5) is 8.78 Å². The third-order valence-electron chi connectivity index (χ3n) is 0.969. The number of rotatable bonds is 0. The normalized spacial score (nSPS) is 10.0. The van der Waals surface area contributed by atoms with E-state index in [9.17, 15) is 8.78 Å². The number of hydrogen-bond donors (Lipinski definition) is 1. The summed E-state index contributed by atoms with van der Waals surface area (Å²) in [6, 6.07) is 2.41. The Bertz CT molecular complexity index is 239. The third kappa shape index (κ3) is 1.49. The van der Waals surface area contributed by atoms with Crippen molar-refractivity contribution in [1.82, 2.24) is 0 Å². The lowest BCUT2D eigenvalue weighted by molar-refractivity contribution is 0.501. The molecule has 0 aliphatic rings. The standard InChI is InChI=1S/C6H3BrF2S/c7-4-1-3(10)2-5(8)6(4)9/h1-2,10H. The Morgan fingerprint density at radius 3 is 2.40 bits per heavy atom. The van der Waals surface area contributed by atoms with E-state index in [-0.39, 0.29) is 4.47 Å². The first kappa shape index (κ1) is 8.01. The van der Waals surface area contributed by atoms with E-state index in [2.05, 4.69) is 28.6 Å². The second-order valence-electron chi connectivity index (χ2n) is 1.72. The summed E-state index contributed by atoms with van der Waals surface area (Å²) in [5, 5.41) is 0. The largest absolute Gasteiger partial charge is 0.204 e. The number of halogens is 3. The van der Waals surface area contributed by atoms with Gasteiger partial charge in [-0.3, -0.25) is 0 Å². The molecule has 0 atom stereocenters. The molecular weight excluding hydrogens is 222 g/mol. The first-order valence-corrected chi connectivity index (χ1v) is 3.69. The molecule has 4 heteroatoms. The highest BCUT2D eigenvalue weighted by molar-refractivity contribution is 9.10. The molecule has 0 fully saturated rings. The topological polar surface area (TPSA) is 0 Å². The fourth-order valence-electron chi connectivity index (χ4n) is 0.542. The Morgan fingerprint density at radius 1 is 1.30 bits per heavy atom. The summed E-state index contributed by atoms with van der Waals surface area (Å²) in [6.07, 6.45) is 0. The minimum Gasteiger partial charge on any atom is -0.204 e. The molecule has 0 amide bonds. The summed E-state index contributed by atoms with van der Waals surface area (Å²) in [6.45, 7) is 0. The minimum atomic E-state index is -0.889. The van der Waals surface area contributed by atoms with Crippen molar-refractivity contribution in [2.45, 2.75) is 4.90 Å². The lowest BCUT2D eigenvalue weighted by atomic mass is 10.3. The fourth-order valence-corrected chi connectivity index (χ4v) is 1.40. The van der Waals surface area contributed by atoms with E-state index in [4.69, 9.17) is 0 Å². The molecule has 0 nitrogen and oxygen atoms in total. The van der Waals surface area contributed by atoms with Crippen LogP contribution in [0.2, 0.25) is 0 Å². The van der Waals surface area contributed by atoms with Gasteiger partial charge in [-0.15, -0.1) is 12.6 Å². The van der Waals surface area contributed by atoms with E-state index in [1.807, 2.05) is 0 Å². The lowest BCUT2D eigenvalue weighted by Crippen LogP contribution is -1.84. The highest BCUT2D eigenvalue weighted by Crippen LogP contribution is 2.21. The van der Waals surface area contributed by atoms with Crippen LogP contribution in [-0.2, 0) is 0 Å². The number of hydrogen-bond acceptors (Lipinski definition) is 1. The molecule has 54 valence electrons. The summed E-state index contributed by atoms with van der Waals surface area (Å²) in [5.41, 5.74) is 0. The Balaban J connectivity index is 3.31. The van der Waals surface area contributed by atoms with E-state index < -0.39 is 11.6 Å². The van der Waals surface area contributed by atoms with Gasteiger partial charge < -0.3 is 0 Å². The molecule has 1 rings (SSSR count). The lowest BCUT2D eigenvalue weighted by Gasteiger charge is -1.96. The molecule has 0 radical (unpaired) electrons. The van der Waals surface area contributed by atoms with Crippen molar-refractivity contribution in [2.75, 3.05) is 0 Å². The van der Waals surface area contributed by atoms with Crippen molar-refractivity contribution in [3.05, 3.63) is 28.2 Å². The van der Waals surface area contributed by atoms with Crippen LogP contribution in [0.1, 0.15) is 0 Å². The molecule has 10 heavy (non-hydrogen) atoms. The van der Waals surface area contributed by atoms with E-state index in [0.717, 1.165) is 6.07 Å². The number of benzene rings is 1. The van der Waals surface area contributed by atoms with Gasteiger partial charge in [0.1, 0.15) is 0 Å². The van der Waals surface area contributed by atoms with Crippen LogP contribution in [0.15, 0.2) is 21.5 Å². The molecule has 0 saturated carbocycles. The Kier molecular flexibility index (Phi) is 2.31. The van der Waals surface area contributed by atoms with Crippen molar-refractivity contribution >= 4 is 28.6 Å². The molecule has 1 aromatic carbocycles. The molecule has 0 aliphatic heterocycles. The molecule has 0 saturated heterocycles. The first-order valence-electron chi connectivity index (χ1n) is 2.45. The second kappa shape index (κ2) is 2.88. The summed E-state index contributed by atoms with van der Waals surface area (Å²) < 4.78 is 24.9. The zero-order valence-corrected chi connectivity index (χ0v) is 7.22. The smallest absolute Gasteiger partial charge is 0.173 e. The molecule has 0 unspecified atom stereocenters. The van der Waals surface area contributed by atoms with Gasteiger partial charge in [-0.1, -0.05) is 0 Å². The van der Waals surface area contributed by atoms with Crippen LogP contribution in [0.3, 0.4) is 0 Å². The van der Waals surface area contributed by atoms with Gasteiger partial charge in [0.05, 0.1) is 4.47 Å². The maximum atomic E-state index is 12.5. The van der Waals surface area contributed by atoms with Crippen molar-refractivity contribution in [3.63, 3.8) is 0 Å². The quantitative estimate of drug-likeness (QED) is 0.509. The molecule has 1 aromatic rings. The van der Waals surface area contributed by atoms with Gasteiger partial charge in [-0.25, -0.2) is 8.78 Å². The van der Waals surface area contributed by atoms with E-state index in [1.54, 1.807) is 0 Å². The minimum absolute atomic E-state index is 0.0949. The van der Waals surface area contributed by atoms with Crippen LogP contribution in [-0.4, -0.2) is 0 Å². The number of thiol groups is 1. The zero-order chi connectivity index (χ0) is 7.72. The Labute approximate surface area is 70.8 Å². The summed E-state index contributed by atoms with van der Waals surface area (Å²) in [5.74, 6) is -1.77. The summed E-state index contributed by atoms with van der Waals surface area (Å²) in [4.78, 5) is 0.394. The molecule has 0 N–H and O–H groups in total. The van der Waals surface area contributed by atoms with Crippen molar-refractivity contribution < 1.29 is 8.78 Å². The van der Waals surface area contributed by atoms with Crippen molar-refractivity contribution in [1.29, 1.82) is 0 Å². The van der Waals surface area contributed by atoms with Gasteiger partial charge in [0.15, 0.2) is 11.6 Å². The predicted molar refractivity (Wildman–Crippen MR) is 41.3 cm³/mol. The summed E-state index contributed by atoms with van der Waals surface area (Å²) >= 11 is 6.67. The van der Waals surface area contributed by atoms with Gasteiger partial charge in [0.25, 0.3) is 0 Å². The van der Waals surface area contributed by atoms with Crippen LogP contribution < -0.4 is 0 Å². The third-order valence-corrected chi connectivity index (χ3v) is 1.80. The molecule has 0 aliphatic carbocycles. The maximum absolute atomic E-state index is 12.5. The van der Waals surface area contributed by atoms with Crippen LogP contribution in [0.25, 0.3) is 0 Å². The first-order chi connectivity index (χ1) is 4.61. The van der Waals surface area contributed by atoms with E-state index in [0.29, 0.717) is 4.90 Å². The zero-order valence-electron chi connectivity index (χ0n) is 4.74. The van der Waals surface area contributed by atoms with Crippen LogP contribution in [0.5, 0.6) is 0 Å². The van der Waals surface area contributed by atoms with Crippen molar-refractivity contribution in [3.8, 4) is 0 Å². The fraction of sp³-hybridized carbons (Fsp3) is 0. The second-order valence-corrected chi connectivity index (χ2v) is 3.09. The van der Waals surface area contributed by atoms with Gasteiger partial charge in [-0.2, -0.15) is 0 Å². The van der Waals surface area contributed by atoms with Crippen molar-refractivity contribution in [2.24, 2.45) is 0 Å². The summed E-state index contributed by atoms with van der Waals surface area (Å²) in [7, 11) is 0. The Hall–Kier alpha value is -0.0900.